The van der Waals surface area contributed by atoms with E-state index in [-0.39, 0.29) is 29.4 Å². The quantitative estimate of drug-likeness (QED) is 0.321. The fourth-order valence-corrected chi connectivity index (χ4v) is 5.39. The minimum atomic E-state index is 0. The zero-order valence-corrected chi connectivity index (χ0v) is 21.5. The van der Waals surface area contributed by atoms with Gasteiger partial charge in [-0.2, -0.15) is 0 Å². The Morgan fingerprint density at radius 1 is 1.03 bits per heavy atom. The van der Waals surface area contributed by atoms with Crippen LogP contribution in [-0.4, -0.2) is 61.8 Å². The first-order valence-electron chi connectivity index (χ1n) is 11.9. The van der Waals surface area contributed by atoms with Crippen molar-refractivity contribution in [2.45, 2.75) is 97.2 Å². The van der Waals surface area contributed by atoms with Gasteiger partial charge in [-0.3, -0.25) is 4.99 Å². The standard InChI is InChI=1S/C23H44N4O.HI/c1-5-24-22(25-17-18-9-8-16-28-21(18)23(2,3)4)26-19-12-14-27(15-13-19)20-10-6-7-11-20;/h18-21H,5-17H2,1-4H3,(H2,24,25,26);1H. The molecule has 0 amide bonds. The van der Waals surface area contributed by atoms with E-state index in [1.165, 1.54) is 58.0 Å². The van der Waals surface area contributed by atoms with E-state index in [4.69, 9.17) is 9.73 Å². The predicted molar refractivity (Wildman–Crippen MR) is 133 cm³/mol. The van der Waals surface area contributed by atoms with Crippen LogP contribution in [0.1, 0.15) is 79.1 Å². The lowest BCUT2D eigenvalue weighted by molar-refractivity contribution is -0.0823. The van der Waals surface area contributed by atoms with Gasteiger partial charge in [-0.05, 0) is 50.9 Å². The second-order valence-electron chi connectivity index (χ2n) is 10.2. The summed E-state index contributed by atoms with van der Waals surface area (Å²) >= 11 is 0. The number of guanidine groups is 1. The van der Waals surface area contributed by atoms with Gasteiger partial charge in [-0.15, -0.1) is 24.0 Å². The van der Waals surface area contributed by atoms with E-state index in [0.717, 1.165) is 38.1 Å². The maximum Gasteiger partial charge on any atom is 0.191 e. The van der Waals surface area contributed by atoms with Crippen molar-refractivity contribution in [3.63, 3.8) is 0 Å². The maximum absolute atomic E-state index is 6.14. The summed E-state index contributed by atoms with van der Waals surface area (Å²) in [6.07, 6.45) is 10.9. The molecule has 3 rings (SSSR count). The molecular weight excluding hydrogens is 475 g/mol. The summed E-state index contributed by atoms with van der Waals surface area (Å²) in [5.41, 5.74) is 0.180. The van der Waals surface area contributed by atoms with Gasteiger partial charge in [0.2, 0.25) is 0 Å². The lowest BCUT2D eigenvalue weighted by atomic mass is 9.78. The number of hydrogen-bond donors (Lipinski definition) is 2. The molecule has 0 bridgehead atoms. The number of hydrogen-bond acceptors (Lipinski definition) is 3. The van der Waals surface area contributed by atoms with Gasteiger partial charge in [0.15, 0.2) is 5.96 Å². The van der Waals surface area contributed by atoms with Crippen LogP contribution < -0.4 is 10.6 Å². The summed E-state index contributed by atoms with van der Waals surface area (Å²) in [5.74, 6) is 1.52. The summed E-state index contributed by atoms with van der Waals surface area (Å²) in [7, 11) is 0. The Balaban J connectivity index is 0.00000300. The number of rotatable bonds is 5. The molecule has 1 saturated carbocycles. The van der Waals surface area contributed by atoms with Gasteiger partial charge in [0.25, 0.3) is 0 Å². The number of halogens is 1. The highest BCUT2D eigenvalue weighted by molar-refractivity contribution is 14.0. The average molecular weight is 521 g/mol. The van der Waals surface area contributed by atoms with Crippen LogP contribution in [0.15, 0.2) is 4.99 Å². The topological polar surface area (TPSA) is 48.9 Å². The fraction of sp³-hybridized carbons (Fsp3) is 0.957. The molecule has 5 nitrogen and oxygen atoms in total. The van der Waals surface area contributed by atoms with E-state index in [9.17, 15) is 0 Å². The molecule has 0 spiro atoms. The largest absolute Gasteiger partial charge is 0.377 e. The van der Waals surface area contributed by atoms with Crippen LogP contribution in [0.3, 0.4) is 0 Å². The summed E-state index contributed by atoms with van der Waals surface area (Å²) < 4.78 is 6.14. The maximum atomic E-state index is 6.14. The molecule has 2 unspecified atom stereocenters. The second-order valence-corrected chi connectivity index (χ2v) is 10.2. The molecule has 0 aromatic rings. The molecule has 170 valence electrons. The zero-order valence-electron chi connectivity index (χ0n) is 19.2. The number of nitrogens with zero attached hydrogens (tertiary/aromatic N) is 2. The zero-order chi connectivity index (χ0) is 20.0. The third-order valence-electron chi connectivity index (χ3n) is 6.84. The van der Waals surface area contributed by atoms with Gasteiger partial charge in [0.05, 0.1) is 6.10 Å². The van der Waals surface area contributed by atoms with Gasteiger partial charge in [0.1, 0.15) is 0 Å². The predicted octanol–water partition coefficient (Wildman–Crippen LogP) is 4.41. The Hall–Kier alpha value is -0.0800. The lowest BCUT2D eigenvalue weighted by Gasteiger charge is -2.40. The van der Waals surface area contributed by atoms with Crippen molar-refractivity contribution in [1.82, 2.24) is 15.5 Å². The van der Waals surface area contributed by atoms with Crippen LogP contribution in [0.4, 0.5) is 0 Å². The summed E-state index contributed by atoms with van der Waals surface area (Å²) in [5, 5.41) is 7.21. The highest BCUT2D eigenvalue weighted by Gasteiger charge is 2.35. The minimum Gasteiger partial charge on any atom is -0.377 e. The van der Waals surface area contributed by atoms with Gasteiger partial charge in [-0.1, -0.05) is 33.6 Å². The molecule has 2 N–H and O–H groups in total. The molecule has 6 heteroatoms. The molecule has 2 aliphatic heterocycles. The molecule has 2 heterocycles. The number of likely N-dealkylation sites (tertiary alicyclic amines) is 1. The van der Waals surface area contributed by atoms with Crippen LogP contribution in [0.25, 0.3) is 0 Å². The van der Waals surface area contributed by atoms with E-state index in [1.807, 2.05) is 0 Å². The van der Waals surface area contributed by atoms with Crippen LogP contribution >= 0.6 is 24.0 Å². The van der Waals surface area contributed by atoms with Crippen molar-refractivity contribution in [3.8, 4) is 0 Å². The normalized spacial score (nSPS) is 28.2. The van der Waals surface area contributed by atoms with Gasteiger partial charge < -0.3 is 20.3 Å². The van der Waals surface area contributed by atoms with Crippen molar-refractivity contribution in [3.05, 3.63) is 0 Å². The third kappa shape index (κ3) is 7.53. The Morgan fingerprint density at radius 2 is 1.72 bits per heavy atom. The number of nitrogens with one attached hydrogen (secondary N) is 2. The fourth-order valence-electron chi connectivity index (χ4n) is 5.39. The number of ether oxygens (including phenoxy) is 1. The number of piperidine rings is 1. The molecule has 1 aliphatic carbocycles. The van der Waals surface area contributed by atoms with Crippen molar-refractivity contribution in [1.29, 1.82) is 0 Å². The molecule has 3 aliphatic rings. The molecule has 29 heavy (non-hydrogen) atoms. The van der Waals surface area contributed by atoms with Gasteiger partial charge in [-0.25, -0.2) is 0 Å². The summed E-state index contributed by atoms with van der Waals surface area (Å²) in [6, 6.07) is 1.42. The van der Waals surface area contributed by atoms with Crippen molar-refractivity contribution in [2.24, 2.45) is 16.3 Å². The molecular formula is C23H45IN4O. The van der Waals surface area contributed by atoms with E-state index in [1.54, 1.807) is 0 Å². The van der Waals surface area contributed by atoms with Crippen molar-refractivity contribution in [2.75, 3.05) is 32.8 Å². The Labute approximate surface area is 196 Å². The first kappa shape index (κ1) is 25.2. The monoisotopic (exact) mass is 520 g/mol. The molecule has 0 radical (unpaired) electrons. The Morgan fingerprint density at radius 3 is 2.34 bits per heavy atom. The SMILES string of the molecule is CCNC(=NCC1CCCOC1C(C)(C)C)NC1CCN(C2CCCC2)CC1.I. The van der Waals surface area contributed by atoms with Crippen LogP contribution in [0.2, 0.25) is 0 Å². The molecule has 0 aromatic heterocycles. The van der Waals surface area contributed by atoms with Crippen LogP contribution in [0.5, 0.6) is 0 Å². The first-order chi connectivity index (χ1) is 13.5. The van der Waals surface area contributed by atoms with Crippen LogP contribution in [-0.2, 0) is 4.74 Å². The average Bonchev–Trinajstić information content (AvgIpc) is 3.21. The van der Waals surface area contributed by atoms with E-state index in [0.29, 0.717) is 18.1 Å². The second kappa shape index (κ2) is 12.1. The Bertz CT molecular complexity index is 494. The summed E-state index contributed by atoms with van der Waals surface area (Å²) in [4.78, 5) is 7.73. The van der Waals surface area contributed by atoms with Gasteiger partial charge >= 0.3 is 0 Å². The highest BCUT2D eigenvalue weighted by atomic mass is 127. The van der Waals surface area contributed by atoms with E-state index in [2.05, 4.69) is 43.2 Å². The third-order valence-corrected chi connectivity index (χ3v) is 6.84. The minimum absolute atomic E-state index is 0. The highest BCUT2D eigenvalue weighted by Crippen LogP contribution is 2.34. The first-order valence-corrected chi connectivity index (χ1v) is 11.9. The van der Waals surface area contributed by atoms with Crippen LogP contribution in [0, 0.1) is 11.3 Å². The smallest absolute Gasteiger partial charge is 0.191 e. The Kier molecular flexibility index (Phi) is 10.5. The van der Waals surface area contributed by atoms with Crippen molar-refractivity contribution >= 4 is 29.9 Å². The van der Waals surface area contributed by atoms with E-state index >= 15 is 0 Å². The molecule has 3 fully saturated rings. The molecule has 0 aromatic carbocycles. The summed E-state index contributed by atoms with van der Waals surface area (Å²) in [6.45, 7) is 14.2. The van der Waals surface area contributed by atoms with Crippen molar-refractivity contribution < 1.29 is 4.74 Å². The molecule has 2 saturated heterocycles. The van der Waals surface area contributed by atoms with Gasteiger partial charge in [0, 0.05) is 50.8 Å². The molecule has 2 atom stereocenters. The van der Waals surface area contributed by atoms with E-state index < -0.39 is 0 Å². The lowest BCUT2D eigenvalue weighted by Crippen LogP contribution is -2.50. The number of aliphatic imine (C=N–C) groups is 1.